The molecular weight excluding hydrogens is 180 g/mol. The summed E-state index contributed by atoms with van der Waals surface area (Å²) in [5.41, 5.74) is 0. The molecule has 0 saturated heterocycles. The van der Waals surface area contributed by atoms with Gasteiger partial charge in [-0.3, -0.25) is 9.59 Å². The number of rotatable bonds is 2. The van der Waals surface area contributed by atoms with Gasteiger partial charge in [0.2, 0.25) is 0 Å². The van der Waals surface area contributed by atoms with E-state index in [0.717, 1.165) is 0 Å². The van der Waals surface area contributed by atoms with Crippen LogP contribution in [0.25, 0.3) is 0 Å². The molecule has 2 nitrogen and oxygen atoms in total. The third kappa shape index (κ3) is 9.94. The topological polar surface area (TPSA) is 34.1 Å². The fourth-order valence-electron chi connectivity index (χ4n) is 0.351. The third-order valence-electron chi connectivity index (χ3n) is 0.498. The number of ketones is 2. The third-order valence-corrected chi connectivity index (χ3v) is 0.498. The van der Waals surface area contributed by atoms with Crippen LogP contribution in [-0.2, 0) is 9.59 Å². The van der Waals surface area contributed by atoms with Crippen LogP contribution in [0.4, 0.5) is 0 Å². The van der Waals surface area contributed by atoms with E-state index in [2.05, 4.69) is 0 Å². The summed E-state index contributed by atoms with van der Waals surface area (Å²) in [5, 5.41) is 0. The Balaban J connectivity index is 0. The van der Waals surface area contributed by atoms with Crippen LogP contribution in [-0.4, -0.2) is 57.0 Å². The number of carbonyl (C=O) groups is 2. The summed E-state index contributed by atoms with van der Waals surface area (Å²) in [6.45, 7) is 2.81. The summed E-state index contributed by atoms with van der Waals surface area (Å²) in [6, 6.07) is 0. The number of hydrogen-bond acceptors (Lipinski definition) is 2. The minimum Gasteiger partial charge on any atom is -0.300 e. The molecule has 0 atom stereocenters. The zero-order valence-electron chi connectivity index (χ0n) is 5.23. The van der Waals surface area contributed by atoms with Crippen LogP contribution < -0.4 is 0 Å². The van der Waals surface area contributed by atoms with Gasteiger partial charge in [-0.1, -0.05) is 0 Å². The summed E-state index contributed by atoms with van der Waals surface area (Å²) in [5.74, 6) is -0.125. The predicted octanol–water partition coefficient (Wildman–Crippen LogP) is 0.174. The minimum atomic E-state index is -0.0625. The van der Waals surface area contributed by atoms with Crippen molar-refractivity contribution < 1.29 is 9.59 Å². The van der Waals surface area contributed by atoms with Crippen LogP contribution in [0.3, 0.4) is 0 Å². The Labute approximate surface area is 85.9 Å². The predicted molar refractivity (Wildman–Crippen MR) is 31.7 cm³/mol. The van der Waals surface area contributed by atoms with Gasteiger partial charge in [-0.05, 0) is 13.8 Å². The molecule has 0 aromatic rings. The van der Waals surface area contributed by atoms with Crippen LogP contribution in [0, 0.1) is 0 Å². The maximum absolute atomic E-state index is 10.0. The first-order valence-electron chi connectivity index (χ1n) is 2.12. The van der Waals surface area contributed by atoms with E-state index < -0.39 is 0 Å². The Hall–Kier alpha value is 0.821. The first-order valence-corrected chi connectivity index (χ1v) is 2.12. The Bertz CT molecular complexity index is 86.6. The molecular formula is C5H8O2Sr. The average Bonchev–Trinajstić information content (AvgIpc) is 1.27. The largest absolute Gasteiger partial charge is 0.300 e. The van der Waals surface area contributed by atoms with Crippen molar-refractivity contribution in [2.75, 3.05) is 0 Å². The van der Waals surface area contributed by atoms with E-state index >= 15 is 0 Å². The Morgan fingerprint density at radius 3 is 1.38 bits per heavy atom. The van der Waals surface area contributed by atoms with Crippen molar-refractivity contribution in [3.63, 3.8) is 0 Å². The van der Waals surface area contributed by atoms with Crippen LogP contribution in [0.15, 0.2) is 0 Å². The van der Waals surface area contributed by atoms with Crippen molar-refractivity contribution in [2.45, 2.75) is 20.3 Å². The fraction of sp³-hybridized carbons (Fsp3) is 0.600. The normalized spacial score (nSPS) is 7.25. The van der Waals surface area contributed by atoms with Crippen LogP contribution in [0.2, 0.25) is 0 Å². The minimum absolute atomic E-state index is 0. The zero-order chi connectivity index (χ0) is 5.86. The van der Waals surface area contributed by atoms with Gasteiger partial charge in [0.15, 0.2) is 0 Å². The molecule has 0 amide bonds. The smallest absolute Gasteiger partial charge is 0.137 e. The molecule has 0 bridgehead atoms. The van der Waals surface area contributed by atoms with E-state index in [4.69, 9.17) is 0 Å². The molecule has 42 valence electrons. The molecule has 0 unspecified atom stereocenters. The van der Waals surface area contributed by atoms with Crippen molar-refractivity contribution in [2.24, 2.45) is 0 Å². The molecule has 0 aliphatic heterocycles. The van der Waals surface area contributed by atoms with Crippen LogP contribution in [0.1, 0.15) is 20.3 Å². The number of carbonyl (C=O) groups excluding carboxylic acids is 2. The van der Waals surface area contributed by atoms with Crippen molar-refractivity contribution in [3.8, 4) is 0 Å². The maximum Gasteiger partial charge on any atom is 0.137 e. The summed E-state index contributed by atoms with van der Waals surface area (Å²) >= 11 is 0. The molecule has 0 aliphatic rings. The molecule has 0 aliphatic carbocycles. The fourth-order valence-corrected chi connectivity index (χ4v) is 0.351. The van der Waals surface area contributed by atoms with Gasteiger partial charge in [-0.2, -0.15) is 0 Å². The Morgan fingerprint density at radius 1 is 1.12 bits per heavy atom. The van der Waals surface area contributed by atoms with Gasteiger partial charge >= 0.3 is 0 Å². The molecule has 8 heavy (non-hydrogen) atoms. The standard InChI is InChI=1S/C5H8O2.Sr/c1-4(6)3-5(2)7;/h3H2,1-2H3;. The Kier molecular flexibility index (Phi) is 8.62. The van der Waals surface area contributed by atoms with Gasteiger partial charge in [0, 0.05) is 45.5 Å². The molecule has 0 N–H and O–H groups in total. The summed E-state index contributed by atoms with van der Waals surface area (Å²) in [7, 11) is 0. The van der Waals surface area contributed by atoms with Gasteiger partial charge < -0.3 is 0 Å². The first kappa shape index (κ1) is 11.6. The van der Waals surface area contributed by atoms with Crippen molar-refractivity contribution in [1.82, 2.24) is 0 Å². The molecule has 0 aromatic carbocycles. The average molecular weight is 188 g/mol. The van der Waals surface area contributed by atoms with Crippen molar-refractivity contribution in [1.29, 1.82) is 0 Å². The van der Waals surface area contributed by atoms with Crippen molar-refractivity contribution in [3.05, 3.63) is 0 Å². The quantitative estimate of drug-likeness (QED) is 0.457. The van der Waals surface area contributed by atoms with Crippen LogP contribution >= 0.6 is 0 Å². The summed E-state index contributed by atoms with van der Waals surface area (Å²) in [4.78, 5) is 20.1. The van der Waals surface area contributed by atoms with E-state index in [9.17, 15) is 9.59 Å². The monoisotopic (exact) mass is 188 g/mol. The molecule has 0 heterocycles. The Morgan fingerprint density at radius 2 is 1.38 bits per heavy atom. The molecule has 2 radical (unpaired) electrons. The summed E-state index contributed by atoms with van der Waals surface area (Å²) < 4.78 is 0. The van der Waals surface area contributed by atoms with E-state index in [0.29, 0.717) is 0 Å². The zero-order valence-corrected chi connectivity index (χ0v) is 8.71. The van der Waals surface area contributed by atoms with Gasteiger partial charge in [0.1, 0.15) is 11.6 Å². The van der Waals surface area contributed by atoms with Gasteiger partial charge in [0.05, 0.1) is 6.42 Å². The van der Waals surface area contributed by atoms with E-state index in [1.54, 1.807) is 0 Å². The summed E-state index contributed by atoms with van der Waals surface area (Å²) in [6.07, 6.45) is 0.0833. The molecule has 0 spiro atoms. The molecule has 0 fully saturated rings. The molecule has 0 saturated carbocycles. The van der Waals surface area contributed by atoms with Gasteiger partial charge in [0.25, 0.3) is 0 Å². The van der Waals surface area contributed by atoms with Crippen LogP contribution in [0.5, 0.6) is 0 Å². The second-order valence-electron chi connectivity index (χ2n) is 1.58. The van der Waals surface area contributed by atoms with Gasteiger partial charge in [-0.15, -0.1) is 0 Å². The first-order chi connectivity index (χ1) is 3.13. The van der Waals surface area contributed by atoms with E-state index in [1.807, 2.05) is 0 Å². The van der Waals surface area contributed by atoms with E-state index in [1.165, 1.54) is 13.8 Å². The van der Waals surface area contributed by atoms with E-state index in [-0.39, 0.29) is 63.5 Å². The second-order valence-corrected chi connectivity index (χ2v) is 1.58. The van der Waals surface area contributed by atoms with Crippen molar-refractivity contribution >= 4 is 57.0 Å². The number of Topliss-reactive ketones (excluding diaryl/α,β-unsaturated/α-hetero) is 2. The maximum atomic E-state index is 10.0. The molecule has 0 aromatic heterocycles. The molecule has 0 rings (SSSR count). The van der Waals surface area contributed by atoms with Gasteiger partial charge in [-0.25, -0.2) is 0 Å². The number of hydrogen-bond donors (Lipinski definition) is 0. The SMILES string of the molecule is CC(=O)CC(C)=O.[Sr]. The molecule has 3 heteroatoms. The second kappa shape index (κ2) is 5.95.